The van der Waals surface area contributed by atoms with E-state index >= 15 is 0 Å². The lowest BCUT2D eigenvalue weighted by molar-refractivity contribution is 0.738. The number of rotatable bonds is 2. The Hall–Kier alpha value is -2.67. The van der Waals surface area contributed by atoms with E-state index in [0.29, 0.717) is 0 Å². The van der Waals surface area contributed by atoms with Gasteiger partial charge in [-0.05, 0) is 62.3 Å². The Morgan fingerprint density at radius 1 is 1.12 bits per heavy atom. The summed E-state index contributed by atoms with van der Waals surface area (Å²) in [4.78, 5) is 4.45. The molecule has 1 spiro atoms. The van der Waals surface area contributed by atoms with Crippen molar-refractivity contribution in [2.45, 2.75) is 38.5 Å². The summed E-state index contributed by atoms with van der Waals surface area (Å²) >= 11 is 0. The van der Waals surface area contributed by atoms with Gasteiger partial charge < -0.3 is 0 Å². The van der Waals surface area contributed by atoms with Crippen molar-refractivity contribution in [1.29, 1.82) is 5.26 Å². The van der Waals surface area contributed by atoms with E-state index in [1.807, 2.05) is 36.9 Å². The van der Waals surface area contributed by atoms with Crippen LogP contribution >= 0.6 is 0 Å². The van der Waals surface area contributed by atoms with Crippen LogP contribution in [0.4, 0.5) is 0 Å². The van der Waals surface area contributed by atoms with Gasteiger partial charge in [0.25, 0.3) is 0 Å². The third-order valence-corrected chi connectivity index (χ3v) is 5.80. The van der Waals surface area contributed by atoms with Crippen LogP contribution in [-0.4, -0.2) is 14.8 Å². The van der Waals surface area contributed by atoms with Crippen molar-refractivity contribution >= 4 is 10.9 Å². The van der Waals surface area contributed by atoms with Crippen molar-refractivity contribution in [3.63, 3.8) is 0 Å². The molecule has 0 N–H and O–H groups in total. The van der Waals surface area contributed by atoms with Crippen molar-refractivity contribution in [3.8, 4) is 11.8 Å². The Morgan fingerprint density at radius 2 is 1.88 bits per heavy atom. The molecule has 118 valence electrons. The lowest BCUT2D eigenvalue weighted by atomic mass is 9.93. The van der Waals surface area contributed by atoms with Crippen LogP contribution in [0, 0.1) is 30.6 Å². The first-order chi connectivity index (χ1) is 11.6. The Balaban J connectivity index is 1.69. The first-order valence-electron chi connectivity index (χ1n) is 8.42. The molecule has 2 aromatic heterocycles. The Morgan fingerprint density at radius 3 is 2.50 bits per heavy atom. The van der Waals surface area contributed by atoms with Gasteiger partial charge in [-0.2, -0.15) is 10.4 Å². The molecular formula is C20H18N4. The van der Waals surface area contributed by atoms with Crippen molar-refractivity contribution in [3.05, 3.63) is 53.5 Å². The summed E-state index contributed by atoms with van der Waals surface area (Å²) < 4.78 is 1.97. The average molecular weight is 314 g/mol. The standard InChI is InChI=1S/C20H18N4/c1-13-7-17(8-14(2)23-13)24-18-9-16(4-3-15(18)10-22-24)20(12-21)11-19(20)5-6-19/h3-4,7-10H,5-6,11H2,1-2H3. The topological polar surface area (TPSA) is 54.5 Å². The zero-order chi connectivity index (χ0) is 16.5. The lowest BCUT2D eigenvalue weighted by Crippen LogP contribution is -2.08. The second kappa shape index (κ2) is 4.24. The molecule has 0 amide bonds. The number of nitriles is 1. The molecule has 0 saturated heterocycles. The summed E-state index contributed by atoms with van der Waals surface area (Å²) in [5.74, 6) is 0. The van der Waals surface area contributed by atoms with E-state index in [-0.39, 0.29) is 10.8 Å². The average Bonchev–Trinajstić information content (AvgIpc) is 3.43. The minimum atomic E-state index is -0.264. The number of hydrogen-bond acceptors (Lipinski definition) is 3. The van der Waals surface area contributed by atoms with Gasteiger partial charge in [0.2, 0.25) is 0 Å². The van der Waals surface area contributed by atoms with Gasteiger partial charge in [-0.1, -0.05) is 12.1 Å². The first-order valence-corrected chi connectivity index (χ1v) is 8.42. The van der Waals surface area contributed by atoms with Gasteiger partial charge >= 0.3 is 0 Å². The van der Waals surface area contributed by atoms with Gasteiger partial charge in [0.15, 0.2) is 0 Å². The second-order valence-corrected chi connectivity index (χ2v) is 7.41. The summed E-state index contributed by atoms with van der Waals surface area (Å²) in [6.07, 6.45) is 5.30. The van der Waals surface area contributed by atoms with Gasteiger partial charge in [-0.3, -0.25) is 4.98 Å². The molecule has 0 aliphatic heterocycles. The van der Waals surface area contributed by atoms with Gasteiger partial charge in [0, 0.05) is 16.8 Å². The number of aromatic nitrogens is 3. The van der Waals surface area contributed by atoms with Crippen LogP contribution in [0.5, 0.6) is 0 Å². The van der Waals surface area contributed by atoms with Gasteiger partial charge in [0.1, 0.15) is 0 Å². The third-order valence-electron chi connectivity index (χ3n) is 5.80. The summed E-state index contributed by atoms with van der Waals surface area (Å²) in [7, 11) is 0. The highest BCUT2D eigenvalue weighted by atomic mass is 15.3. The Kier molecular flexibility index (Phi) is 2.43. The van der Waals surface area contributed by atoms with Crippen LogP contribution in [0.25, 0.3) is 16.6 Å². The molecule has 1 aromatic carbocycles. The molecule has 0 bridgehead atoms. The smallest absolute Gasteiger partial charge is 0.0885 e. The fraction of sp³-hybridized carbons (Fsp3) is 0.350. The molecule has 2 aliphatic carbocycles. The number of nitrogens with zero attached hydrogens (tertiary/aromatic N) is 4. The number of fused-ring (bicyclic) bond motifs is 1. The maximum Gasteiger partial charge on any atom is 0.0885 e. The highest BCUT2D eigenvalue weighted by Crippen LogP contribution is 2.78. The van der Waals surface area contributed by atoms with Gasteiger partial charge in [-0.25, -0.2) is 4.68 Å². The summed E-state index contributed by atoms with van der Waals surface area (Å²) in [5.41, 5.74) is 5.23. The van der Waals surface area contributed by atoms with E-state index in [9.17, 15) is 5.26 Å². The molecule has 2 aliphatic rings. The highest BCUT2D eigenvalue weighted by molar-refractivity contribution is 5.82. The predicted molar refractivity (Wildman–Crippen MR) is 91.9 cm³/mol. The summed E-state index contributed by atoms with van der Waals surface area (Å²) in [5, 5.41) is 15.5. The van der Waals surface area contributed by atoms with Gasteiger partial charge in [0.05, 0.1) is 28.9 Å². The normalized spacial score (nSPS) is 23.4. The maximum absolute atomic E-state index is 9.79. The zero-order valence-electron chi connectivity index (χ0n) is 13.9. The van der Waals surface area contributed by atoms with Crippen LogP contribution < -0.4 is 0 Å². The summed E-state index contributed by atoms with van der Waals surface area (Å²) in [6.45, 7) is 4.00. The molecule has 0 radical (unpaired) electrons. The van der Waals surface area contributed by atoms with E-state index in [1.54, 1.807) is 0 Å². The lowest BCUT2D eigenvalue weighted by Gasteiger charge is -2.11. The van der Waals surface area contributed by atoms with E-state index in [2.05, 4.69) is 34.4 Å². The molecule has 24 heavy (non-hydrogen) atoms. The van der Waals surface area contributed by atoms with Crippen molar-refractivity contribution < 1.29 is 0 Å². The van der Waals surface area contributed by atoms with E-state index in [0.717, 1.165) is 40.0 Å². The van der Waals surface area contributed by atoms with Crippen molar-refractivity contribution in [1.82, 2.24) is 14.8 Å². The first kappa shape index (κ1) is 13.7. The minimum absolute atomic E-state index is 0.264. The van der Waals surface area contributed by atoms with E-state index in [4.69, 9.17) is 0 Å². The number of hydrogen-bond donors (Lipinski definition) is 0. The van der Waals surface area contributed by atoms with E-state index < -0.39 is 0 Å². The SMILES string of the molecule is Cc1cc(-n2ncc3ccc(C4(C#N)CC45CC5)cc32)cc(C)n1. The molecule has 4 heteroatoms. The largest absolute Gasteiger partial charge is 0.258 e. The Bertz CT molecular complexity index is 1020. The molecule has 2 fully saturated rings. The summed E-state index contributed by atoms with van der Waals surface area (Å²) in [6, 6.07) is 13.1. The monoisotopic (exact) mass is 314 g/mol. The van der Waals surface area contributed by atoms with Crippen LogP contribution in [0.1, 0.15) is 36.2 Å². The number of benzene rings is 1. The highest BCUT2D eigenvalue weighted by Gasteiger charge is 2.75. The quantitative estimate of drug-likeness (QED) is 0.719. The second-order valence-electron chi connectivity index (χ2n) is 7.41. The van der Waals surface area contributed by atoms with Crippen LogP contribution in [0.15, 0.2) is 36.5 Å². The maximum atomic E-state index is 9.79. The van der Waals surface area contributed by atoms with Gasteiger partial charge in [-0.15, -0.1) is 0 Å². The molecule has 1 atom stereocenters. The fourth-order valence-electron chi connectivity index (χ4n) is 4.27. The molecule has 4 nitrogen and oxygen atoms in total. The van der Waals surface area contributed by atoms with Crippen LogP contribution in [0.2, 0.25) is 0 Å². The van der Waals surface area contributed by atoms with Crippen molar-refractivity contribution in [2.75, 3.05) is 0 Å². The third kappa shape index (κ3) is 1.67. The predicted octanol–water partition coefficient (Wildman–Crippen LogP) is 3.98. The molecule has 1 unspecified atom stereocenters. The number of aryl methyl sites for hydroxylation is 2. The van der Waals surface area contributed by atoms with Crippen LogP contribution in [0.3, 0.4) is 0 Å². The molecule has 2 saturated carbocycles. The number of pyridine rings is 1. The van der Waals surface area contributed by atoms with Crippen molar-refractivity contribution in [2.24, 2.45) is 5.41 Å². The molecule has 2 heterocycles. The minimum Gasteiger partial charge on any atom is -0.258 e. The fourth-order valence-corrected chi connectivity index (χ4v) is 4.27. The molecule has 3 aromatic rings. The Labute approximate surface area is 140 Å². The van der Waals surface area contributed by atoms with E-state index in [1.165, 1.54) is 12.8 Å². The molecular weight excluding hydrogens is 296 g/mol. The van der Waals surface area contributed by atoms with Crippen LogP contribution in [-0.2, 0) is 5.41 Å². The molecule has 5 rings (SSSR count). The zero-order valence-corrected chi connectivity index (χ0v) is 13.9.